The van der Waals surface area contributed by atoms with Crippen LogP contribution < -0.4 is 5.32 Å². The predicted molar refractivity (Wildman–Crippen MR) is 87.2 cm³/mol. The molecule has 4 heteroatoms. The fourth-order valence-corrected chi connectivity index (χ4v) is 3.11. The molecule has 2 N–H and O–H groups in total. The molecule has 4 nitrogen and oxygen atoms in total. The minimum absolute atomic E-state index is 0.00238. The first-order valence-electron chi connectivity index (χ1n) is 7.67. The van der Waals surface area contributed by atoms with Gasteiger partial charge in [0.15, 0.2) is 0 Å². The van der Waals surface area contributed by atoms with Crippen molar-refractivity contribution in [2.24, 2.45) is 0 Å². The van der Waals surface area contributed by atoms with Crippen molar-refractivity contribution in [1.29, 1.82) is 0 Å². The van der Waals surface area contributed by atoms with E-state index in [0.29, 0.717) is 0 Å². The second kappa shape index (κ2) is 6.28. The highest BCUT2D eigenvalue weighted by atomic mass is 16.3. The molecule has 0 saturated heterocycles. The van der Waals surface area contributed by atoms with Gasteiger partial charge in [0.05, 0.1) is 17.7 Å². The van der Waals surface area contributed by atoms with Crippen LogP contribution in [0.2, 0.25) is 0 Å². The van der Waals surface area contributed by atoms with Crippen molar-refractivity contribution in [2.45, 2.75) is 31.2 Å². The highest BCUT2D eigenvalue weighted by Gasteiger charge is 2.33. The molecule has 0 aliphatic heterocycles. The fourth-order valence-electron chi connectivity index (χ4n) is 3.11. The highest BCUT2D eigenvalue weighted by Crippen LogP contribution is 2.29. The molecule has 0 unspecified atom stereocenters. The number of nitrogens with zero attached hydrogens (tertiary/aromatic N) is 1. The van der Waals surface area contributed by atoms with E-state index in [1.807, 2.05) is 30.3 Å². The van der Waals surface area contributed by atoms with Crippen molar-refractivity contribution in [3.05, 3.63) is 48.2 Å². The third kappa shape index (κ3) is 3.02. The molecular weight excluding hydrogens is 276 g/mol. The number of hydrogen-bond acceptors (Lipinski definition) is 3. The zero-order valence-electron chi connectivity index (χ0n) is 12.5. The number of fused-ring (bicyclic) bond motifs is 1. The first kappa shape index (κ1) is 14.7. The molecule has 1 aliphatic rings. The fraction of sp³-hybridized carbons (Fsp3) is 0.333. The molecule has 22 heavy (non-hydrogen) atoms. The number of benzene rings is 1. The first-order valence-corrected chi connectivity index (χ1v) is 7.67. The number of aliphatic hydroxyl groups excluding tert-OH is 1. The summed E-state index contributed by atoms with van der Waals surface area (Å²) in [5, 5.41) is 13.6. The van der Waals surface area contributed by atoms with Crippen molar-refractivity contribution in [3.8, 4) is 0 Å². The quantitative estimate of drug-likeness (QED) is 0.853. The Hall–Kier alpha value is -2.20. The lowest BCUT2D eigenvalue weighted by Gasteiger charge is -2.27. The SMILES string of the molecule is O=C(/C=C/c1cccc2cccnc12)NC1(CO)CCCC1. The zero-order chi connectivity index (χ0) is 15.4. The van der Waals surface area contributed by atoms with E-state index in [2.05, 4.69) is 10.3 Å². The summed E-state index contributed by atoms with van der Waals surface area (Å²) in [5.74, 6) is -0.163. The molecule has 2 aromatic rings. The maximum atomic E-state index is 12.1. The van der Waals surface area contributed by atoms with Crippen LogP contribution in [0, 0.1) is 0 Å². The molecule has 1 aliphatic carbocycles. The highest BCUT2D eigenvalue weighted by molar-refractivity contribution is 5.95. The number of pyridine rings is 1. The number of para-hydroxylation sites is 1. The molecule has 0 spiro atoms. The standard InChI is InChI=1S/C18H20N2O2/c21-13-18(10-1-2-11-18)20-16(22)9-8-15-6-3-5-14-7-4-12-19-17(14)15/h3-9,12,21H,1-2,10-11,13H2,(H,20,22)/b9-8+. The van der Waals surface area contributed by atoms with Crippen LogP contribution in [-0.2, 0) is 4.79 Å². The van der Waals surface area contributed by atoms with Crippen molar-refractivity contribution in [3.63, 3.8) is 0 Å². The van der Waals surface area contributed by atoms with E-state index in [1.54, 1.807) is 12.3 Å². The summed E-state index contributed by atoms with van der Waals surface area (Å²) in [4.78, 5) is 16.5. The van der Waals surface area contributed by atoms with Crippen molar-refractivity contribution < 1.29 is 9.90 Å². The third-order valence-corrected chi connectivity index (χ3v) is 4.33. The van der Waals surface area contributed by atoms with Gasteiger partial charge in [-0.05, 0) is 25.0 Å². The van der Waals surface area contributed by atoms with Crippen LogP contribution in [0.5, 0.6) is 0 Å². The Morgan fingerprint density at radius 1 is 1.27 bits per heavy atom. The number of rotatable bonds is 4. The van der Waals surface area contributed by atoms with Gasteiger partial charge in [-0.25, -0.2) is 0 Å². The summed E-state index contributed by atoms with van der Waals surface area (Å²) in [6.07, 6.45) is 8.86. The summed E-state index contributed by atoms with van der Waals surface area (Å²) < 4.78 is 0. The molecule has 1 saturated carbocycles. The Morgan fingerprint density at radius 2 is 2.05 bits per heavy atom. The van der Waals surface area contributed by atoms with Gasteiger partial charge in [0.1, 0.15) is 0 Å². The van der Waals surface area contributed by atoms with Crippen LogP contribution in [0.3, 0.4) is 0 Å². The summed E-state index contributed by atoms with van der Waals surface area (Å²) in [5.41, 5.74) is 1.36. The largest absolute Gasteiger partial charge is 0.394 e. The van der Waals surface area contributed by atoms with Crippen LogP contribution in [0.1, 0.15) is 31.2 Å². The Balaban J connectivity index is 1.76. The van der Waals surface area contributed by atoms with Gasteiger partial charge in [-0.15, -0.1) is 0 Å². The van der Waals surface area contributed by atoms with Crippen LogP contribution in [0.25, 0.3) is 17.0 Å². The smallest absolute Gasteiger partial charge is 0.244 e. The Morgan fingerprint density at radius 3 is 2.82 bits per heavy atom. The molecule has 114 valence electrons. The average molecular weight is 296 g/mol. The lowest BCUT2D eigenvalue weighted by Crippen LogP contribution is -2.48. The minimum Gasteiger partial charge on any atom is -0.394 e. The predicted octanol–water partition coefficient (Wildman–Crippen LogP) is 2.67. The third-order valence-electron chi connectivity index (χ3n) is 4.33. The number of aromatic nitrogens is 1. The van der Waals surface area contributed by atoms with Gasteiger partial charge in [-0.3, -0.25) is 9.78 Å². The van der Waals surface area contributed by atoms with Gasteiger partial charge >= 0.3 is 0 Å². The average Bonchev–Trinajstić information content (AvgIpc) is 3.02. The molecule has 0 radical (unpaired) electrons. The molecule has 0 bridgehead atoms. The van der Waals surface area contributed by atoms with E-state index in [4.69, 9.17) is 0 Å². The van der Waals surface area contributed by atoms with E-state index in [1.165, 1.54) is 6.08 Å². The minimum atomic E-state index is -0.432. The second-order valence-corrected chi connectivity index (χ2v) is 5.89. The molecule has 1 amide bonds. The molecule has 0 atom stereocenters. The Kier molecular flexibility index (Phi) is 4.20. The van der Waals surface area contributed by atoms with Crippen LogP contribution in [0.4, 0.5) is 0 Å². The molecule has 3 rings (SSSR count). The maximum Gasteiger partial charge on any atom is 0.244 e. The van der Waals surface area contributed by atoms with Crippen molar-refractivity contribution in [1.82, 2.24) is 10.3 Å². The van der Waals surface area contributed by atoms with E-state index in [0.717, 1.165) is 42.1 Å². The van der Waals surface area contributed by atoms with Crippen molar-refractivity contribution in [2.75, 3.05) is 6.61 Å². The van der Waals surface area contributed by atoms with E-state index >= 15 is 0 Å². The number of amides is 1. The summed E-state index contributed by atoms with van der Waals surface area (Å²) in [6.45, 7) is 0.00238. The lowest BCUT2D eigenvalue weighted by molar-refractivity contribution is -0.118. The van der Waals surface area contributed by atoms with Gasteiger partial charge in [0.25, 0.3) is 0 Å². The van der Waals surface area contributed by atoms with Gasteiger partial charge in [-0.1, -0.05) is 37.1 Å². The van der Waals surface area contributed by atoms with Crippen LogP contribution >= 0.6 is 0 Å². The molecular formula is C18H20N2O2. The van der Waals surface area contributed by atoms with Gasteiger partial charge in [0, 0.05) is 23.2 Å². The monoisotopic (exact) mass is 296 g/mol. The summed E-state index contributed by atoms with van der Waals surface area (Å²) in [7, 11) is 0. The number of nitrogens with one attached hydrogen (secondary N) is 1. The van der Waals surface area contributed by atoms with E-state index in [9.17, 15) is 9.90 Å². The topological polar surface area (TPSA) is 62.2 Å². The lowest BCUT2D eigenvalue weighted by atomic mass is 9.99. The molecule has 1 aromatic heterocycles. The van der Waals surface area contributed by atoms with E-state index in [-0.39, 0.29) is 12.5 Å². The molecule has 1 heterocycles. The number of carbonyl (C=O) groups is 1. The Labute approximate surface area is 129 Å². The Bertz CT molecular complexity index is 698. The van der Waals surface area contributed by atoms with Crippen molar-refractivity contribution >= 4 is 22.9 Å². The molecule has 1 aromatic carbocycles. The first-order chi connectivity index (χ1) is 10.7. The maximum absolute atomic E-state index is 12.1. The summed E-state index contributed by atoms with van der Waals surface area (Å²) in [6, 6.07) is 9.79. The van der Waals surface area contributed by atoms with Gasteiger partial charge in [-0.2, -0.15) is 0 Å². The van der Waals surface area contributed by atoms with Crippen LogP contribution in [-0.4, -0.2) is 28.1 Å². The number of aliphatic hydroxyl groups is 1. The van der Waals surface area contributed by atoms with Crippen LogP contribution in [0.15, 0.2) is 42.6 Å². The number of hydrogen-bond donors (Lipinski definition) is 2. The van der Waals surface area contributed by atoms with Gasteiger partial charge in [0.2, 0.25) is 5.91 Å². The van der Waals surface area contributed by atoms with E-state index < -0.39 is 5.54 Å². The normalized spacial score (nSPS) is 17.1. The second-order valence-electron chi connectivity index (χ2n) is 5.89. The molecule has 1 fully saturated rings. The number of carbonyl (C=O) groups excluding carboxylic acids is 1. The summed E-state index contributed by atoms with van der Waals surface area (Å²) >= 11 is 0. The zero-order valence-corrected chi connectivity index (χ0v) is 12.5. The van der Waals surface area contributed by atoms with Gasteiger partial charge < -0.3 is 10.4 Å².